The van der Waals surface area contributed by atoms with Gasteiger partial charge >= 0.3 is 5.97 Å². The van der Waals surface area contributed by atoms with Crippen molar-refractivity contribution >= 4 is 17.8 Å². The fourth-order valence-corrected chi connectivity index (χ4v) is 1.70. The number of likely N-dealkylation sites (N-methyl/N-ethyl adjacent to an activating group) is 1. The van der Waals surface area contributed by atoms with Crippen molar-refractivity contribution < 1.29 is 19.5 Å². The van der Waals surface area contributed by atoms with Crippen molar-refractivity contribution in [2.75, 3.05) is 33.7 Å². The number of nitrogens with two attached hydrogens (primary N) is 1. The molecule has 0 aliphatic rings. The van der Waals surface area contributed by atoms with Crippen LogP contribution >= 0.6 is 0 Å². The lowest BCUT2D eigenvalue weighted by atomic mass is 10.1. The van der Waals surface area contributed by atoms with Crippen LogP contribution in [0, 0.1) is 0 Å². The number of carboxylic acid groups (broad SMARTS) is 1. The van der Waals surface area contributed by atoms with Crippen LogP contribution in [0.15, 0.2) is 24.3 Å². The number of rotatable bonds is 7. The summed E-state index contributed by atoms with van der Waals surface area (Å²) in [7, 11) is 3.68. The molecule has 0 aromatic heterocycles. The Kier molecular flexibility index (Phi) is 5.86. The molecule has 0 heterocycles. The molecule has 114 valence electrons. The van der Waals surface area contributed by atoms with Crippen LogP contribution in [-0.4, -0.2) is 66.4 Å². The van der Waals surface area contributed by atoms with Gasteiger partial charge < -0.3 is 20.6 Å². The quantitative estimate of drug-likeness (QED) is 0.729. The van der Waals surface area contributed by atoms with Gasteiger partial charge in [0.15, 0.2) is 0 Å². The first kappa shape index (κ1) is 16.6. The first-order valence-corrected chi connectivity index (χ1v) is 6.37. The Labute approximate surface area is 122 Å². The highest BCUT2D eigenvalue weighted by atomic mass is 16.4. The monoisotopic (exact) mass is 293 g/mol. The third kappa shape index (κ3) is 5.23. The minimum atomic E-state index is -1.07. The maximum Gasteiger partial charge on any atom is 0.323 e. The Morgan fingerprint density at radius 2 is 1.57 bits per heavy atom. The molecular weight excluding hydrogens is 274 g/mol. The number of nitrogens with zero attached hydrogens (tertiary/aromatic N) is 2. The van der Waals surface area contributed by atoms with Crippen molar-refractivity contribution in [1.82, 2.24) is 9.80 Å². The van der Waals surface area contributed by atoms with E-state index >= 15 is 0 Å². The summed E-state index contributed by atoms with van der Waals surface area (Å²) in [5, 5.41) is 8.89. The van der Waals surface area contributed by atoms with E-state index in [4.69, 9.17) is 10.8 Å². The van der Waals surface area contributed by atoms with E-state index in [1.54, 1.807) is 0 Å². The molecule has 21 heavy (non-hydrogen) atoms. The molecule has 1 aromatic carbocycles. The number of amides is 2. The van der Waals surface area contributed by atoms with E-state index in [-0.39, 0.29) is 6.54 Å². The van der Waals surface area contributed by atoms with Gasteiger partial charge in [-0.2, -0.15) is 0 Å². The largest absolute Gasteiger partial charge is 0.480 e. The molecule has 3 N–H and O–H groups in total. The van der Waals surface area contributed by atoms with E-state index in [1.807, 2.05) is 19.0 Å². The molecule has 0 aliphatic carbocycles. The van der Waals surface area contributed by atoms with E-state index in [9.17, 15) is 14.4 Å². The summed E-state index contributed by atoms with van der Waals surface area (Å²) in [6.07, 6.45) is 0. The first-order chi connectivity index (χ1) is 9.81. The summed E-state index contributed by atoms with van der Waals surface area (Å²) in [4.78, 5) is 37.3. The number of primary amides is 1. The van der Waals surface area contributed by atoms with Gasteiger partial charge in [0.1, 0.15) is 6.54 Å². The van der Waals surface area contributed by atoms with Gasteiger partial charge in [0.2, 0.25) is 5.91 Å². The predicted molar refractivity (Wildman–Crippen MR) is 77.1 cm³/mol. The molecule has 0 saturated heterocycles. The Morgan fingerprint density at radius 3 is 2.00 bits per heavy atom. The maximum absolute atomic E-state index is 12.3. The number of carboxylic acids is 1. The molecule has 0 saturated carbocycles. The summed E-state index contributed by atoms with van der Waals surface area (Å²) in [6.45, 7) is 0.484. The molecule has 0 fully saturated rings. The molecule has 7 nitrogen and oxygen atoms in total. The van der Waals surface area contributed by atoms with Crippen molar-refractivity contribution in [2.45, 2.75) is 0 Å². The zero-order valence-corrected chi connectivity index (χ0v) is 12.1. The molecule has 1 aromatic rings. The molecule has 0 radical (unpaired) electrons. The minimum absolute atomic E-state index is 0.296. The van der Waals surface area contributed by atoms with E-state index in [1.165, 1.54) is 29.2 Å². The lowest BCUT2D eigenvalue weighted by Gasteiger charge is -2.22. The number of carbonyl (C=O) groups excluding carboxylic acids is 2. The third-order valence-corrected chi connectivity index (χ3v) is 2.85. The second-order valence-electron chi connectivity index (χ2n) is 4.87. The Hall–Kier alpha value is -2.41. The number of hydrogen-bond donors (Lipinski definition) is 2. The highest BCUT2D eigenvalue weighted by Gasteiger charge is 2.18. The van der Waals surface area contributed by atoms with E-state index in [2.05, 4.69) is 0 Å². The van der Waals surface area contributed by atoms with Crippen LogP contribution in [0.25, 0.3) is 0 Å². The predicted octanol–water partition coefficient (Wildman–Crippen LogP) is -0.126. The molecule has 1 rings (SSSR count). The zero-order valence-electron chi connectivity index (χ0n) is 12.1. The molecule has 0 bridgehead atoms. The highest BCUT2D eigenvalue weighted by Crippen LogP contribution is 2.08. The van der Waals surface area contributed by atoms with Crippen molar-refractivity contribution in [2.24, 2.45) is 5.73 Å². The SMILES string of the molecule is CN(C)CCN(CC(=O)O)C(=O)c1ccc(C(N)=O)cc1. The number of aliphatic carboxylic acids is 1. The van der Waals surface area contributed by atoms with E-state index < -0.39 is 17.8 Å². The van der Waals surface area contributed by atoms with Gasteiger partial charge in [-0.15, -0.1) is 0 Å². The van der Waals surface area contributed by atoms with E-state index in [0.29, 0.717) is 24.2 Å². The van der Waals surface area contributed by atoms with Crippen LogP contribution in [0.4, 0.5) is 0 Å². The van der Waals surface area contributed by atoms with E-state index in [0.717, 1.165) is 0 Å². The van der Waals surface area contributed by atoms with Crippen LogP contribution in [0.5, 0.6) is 0 Å². The van der Waals surface area contributed by atoms with Crippen LogP contribution in [0.2, 0.25) is 0 Å². The smallest absolute Gasteiger partial charge is 0.323 e. The van der Waals surface area contributed by atoms with Gasteiger partial charge in [-0.25, -0.2) is 0 Å². The molecule has 0 spiro atoms. The topological polar surface area (TPSA) is 104 Å². The van der Waals surface area contributed by atoms with Gasteiger partial charge in [-0.3, -0.25) is 14.4 Å². The summed E-state index contributed by atoms with van der Waals surface area (Å²) < 4.78 is 0. The lowest BCUT2D eigenvalue weighted by molar-refractivity contribution is -0.137. The third-order valence-electron chi connectivity index (χ3n) is 2.85. The molecule has 0 aliphatic heterocycles. The average Bonchev–Trinajstić information content (AvgIpc) is 2.42. The normalized spacial score (nSPS) is 10.4. The van der Waals surface area contributed by atoms with Crippen molar-refractivity contribution in [1.29, 1.82) is 0 Å². The molecular formula is C14H19N3O4. The lowest BCUT2D eigenvalue weighted by Crippen LogP contribution is -2.40. The average molecular weight is 293 g/mol. The Morgan fingerprint density at radius 1 is 1.05 bits per heavy atom. The van der Waals surface area contributed by atoms with Gasteiger partial charge in [-0.05, 0) is 38.4 Å². The second kappa shape index (κ2) is 7.39. The Balaban J connectivity index is 2.87. The Bertz CT molecular complexity index is 526. The van der Waals surface area contributed by atoms with Gasteiger partial charge in [0.25, 0.3) is 5.91 Å². The van der Waals surface area contributed by atoms with Gasteiger partial charge in [0, 0.05) is 24.2 Å². The van der Waals surface area contributed by atoms with Gasteiger partial charge in [0.05, 0.1) is 0 Å². The summed E-state index contributed by atoms with van der Waals surface area (Å²) in [5.74, 6) is -2.05. The fraction of sp³-hybridized carbons (Fsp3) is 0.357. The number of carbonyl (C=O) groups is 3. The minimum Gasteiger partial charge on any atom is -0.480 e. The molecule has 0 atom stereocenters. The molecule has 2 amide bonds. The van der Waals surface area contributed by atoms with Gasteiger partial charge in [-0.1, -0.05) is 0 Å². The standard InChI is InChI=1S/C14H19N3O4/c1-16(2)7-8-17(9-12(18)19)14(21)11-5-3-10(4-6-11)13(15)20/h3-6H,7-9H2,1-2H3,(H2,15,20)(H,18,19). The van der Waals surface area contributed by atoms with Crippen LogP contribution in [0.3, 0.4) is 0 Å². The molecule has 0 unspecified atom stereocenters. The number of benzene rings is 1. The summed E-state index contributed by atoms with van der Waals surface area (Å²) >= 11 is 0. The van der Waals surface area contributed by atoms with Crippen molar-refractivity contribution in [3.8, 4) is 0 Å². The van der Waals surface area contributed by atoms with Crippen LogP contribution in [0.1, 0.15) is 20.7 Å². The van der Waals surface area contributed by atoms with Crippen molar-refractivity contribution in [3.63, 3.8) is 0 Å². The van der Waals surface area contributed by atoms with Crippen LogP contribution < -0.4 is 5.73 Å². The first-order valence-electron chi connectivity index (χ1n) is 6.37. The number of hydrogen-bond acceptors (Lipinski definition) is 4. The van der Waals surface area contributed by atoms with Crippen molar-refractivity contribution in [3.05, 3.63) is 35.4 Å². The summed E-state index contributed by atoms with van der Waals surface area (Å²) in [6, 6.07) is 5.82. The summed E-state index contributed by atoms with van der Waals surface area (Å²) in [5.41, 5.74) is 5.74. The fourth-order valence-electron chi connectivity index (χ4n) is 1.70. The maximum atomic E-state index is 12.3. The molecule has 7 heteroatoms. The highest BCUT2D eigenvalue weighted by molar-refractivity contribution is 5.98. The van der Waals surface area contributed by atoms with Crippen LogP contribution in [-0.2, 0) is 4.79 Å². The zero-order chi connectivity index (χ0) is 16.0. The second-order valence-corrected chi connectivity index (χ2v) is 4.87.